The predicted octanol–water partition coefficient (Wildman–Crippen LogP) is 4.11. The molecule has 7 nitrogen and oxygen atoms in total. The Morgan fingerprint density at radius 1 is 0.886 bits per heavy atom. The quantitative estimate of drug-likeness (QED) is 0.464. The Labute approximate surface area is 206 Å². The lowest BCUT2D eigenvalue weighted by Crippen LogP contribution is -2.40. The Morgan fingerprint density at radius 3 is 2.03 bits per heavy atom. The molecule has 1 aliphatic rings. The van der Waals surface area contributed by atoms with Crippen LogP contribution in [0, 0.1) is 5.92 Å². The van der Waals surface area contributed by atoms with Gasteiger partial charge in [0, 0.05) is 18.7 Å². The summed E-state index contributed by atoms with van der Waals surface area (Å²) >= 11 is 0. The second-order valence-electron chi connectivity index (χ2n) is 8.45. The maximum absolute atomic E-state index is 13.4. The minimum absolute atomic E-state index is 0.100. The van der Waals surface area contributed by atoms with Gasteiger partial charge in [0.1, 0.15) is 0 Å². The third-order valence-corrected chi connectivity index (χ3v) is 8.01. The Bertz CT molecular complexity index is 1250. The summed E-state index contributed by atoms with van der Waals surface area (Å²) in [6.45, 7) is 1.12. The third-order valence-electron chi connectivity index (χ3n) is 6.22. The number of sulfonamides is 1. The molecule has 0 aliphatic carbocycles. The topological polar surface area (TPSA) is 84.0 Å². The van der Waals surface area contributed by atoms with Gasteiger partial charge in [0.25, 0.3) is 15.9 Å². The highest BCUT2D eigenvalue weighted by Gasteiger charge is 2.29. The molecule has 35 heavy (non-hydrogen) atoms. The average molecular weight is 493 g/mol. The van der Waals surface area contributed by atoms with Crippen molar-refractivity contribution >= 4 is 27.6 Å². The molecule has 1 fully saturated rings. The fourth-order valence-electron chi connectivity index (χ4n) is 4.22. The largest absolute Gasteiger partial charge is 0.469 e. The first-order valence-corrected chi connectivity index (χ1v) is 12.9. The molecule has 0 radical (unpaired) electrons. The number of hydrogen-bond acceptors (Lipinski definition) is 5. The zero-order valence-electron chi connectivity index (χ0n) is 19.5. The molecule has 1 heterocycles. The van der Waals surface area contributed by atoms with E-state index in [1.807, 2.05) is 6.07 Å². The van der Waals surface area contributed by atoms with E-state index in [1.165, 1.54) is 11.4 Å². The summed E-state index contributed by atoms with van der Waals surface area (Å²) in [6.07, 6.45) is 1.17. The molecule has 1 aliphatic heterocycles. The van der Waals surface area contributed by atoms with Crippen LogP contribution < -0.4 is 4.31 Å². The Hall–Kier alpha value is -3.65. The molecule has 0 bridgehead atoms. The maximum Gasteiger partial charge on any atom is 0.308 e. The number of methoxy groups -OCH3 is 1. The van der Waals surface area contributed by atoms with E-state index in [0.717, 1.165) is 5.56 Å². The monoisotopic (exact) mass is 492 g/mol. The summed E-state index contributed by atoms with van der Waals surface area (Å²) in [7, 11) is -2.41. The van der Waals surface area contributed by atoms with Gasteiger partial charge in [0.15, 0.2) is 0 Å². The smallest absolute Gasteiger partial charge is 0.308 e. The number of carbonyl (C=O) groups is 2. The molecular formula is C27H28N2O5S. The van der Waals surface area contributed by atoms with Crippen LogP contribution in [-0.2, 0) is 26.1 Å². The van der Waals surface area contributed by atoms with E-state index in [1.54, 1.807) is 83.8 Å². The van der Waals surface area contributed by atoms with Crippen LogP contribution in [0.3, 0.4) is 0 Å². The fourth-order valence-corrected chi connectivity index (χ4v) is 5.69. The molecule has 1 saturated heterocycles. The van der Waals surface area contributed by atoms with Crippen LogP contribution in [0.25, 0.3) is 0 Å². The molecule has 0 atom stereocenters. The maximum atomic E-state index is 13.4. The van der Waals surface area contributed by atoms with Crippen LogP contribution >= 0.6 is 0 Å². The van der Waals surface area contributed by atoms with Gasteiger partial charge in [0.05, 0.1) is 30.2 Å². The molecule has 182 valence electrons. The average Bonchev–Trinajstić information content (AvgIpc) is 2.92. The SMILES string of the molecule is COC(=O)C1CCN(C(=O)c2ccc(CN(c3ccccc3)S(=O)(=O)c3ccccc3)cc2)CC1. The second-order valence-corrected chi connectivity index (χ2v) is 10.3. The standard InChI is InChI=1S/C27H28N2O5S/c1-34-27(31)23-16-18-28(19-17-23)26(30)22-14-12-21(13-15-22)20-29(24-8-4-2-5-9-24)35(32,33)25-10-6-3-7-11-25/h2-15,23H,16-20H2,1H3. The third kappa shape index (κ3) is 5.54. The zero-order chi connectivity index (χ0) is 24.8. The van der Waals surface area contributed by atoms with Crippen molar-refractivity contribution in [2.45, 2.75) is 24.3 Å². The minimum atomic E-state index is -3.79. The molecule has 0 saturated carbocycles. The van der Waals surface area contributed by atoms with E-state index >= 15 is 0 Å². The molecule has 4 rings (SSSR count). The van der Waals surface area contributed by atoms with E-state index in [-0.39, 0.29) is 29.2 Å². The summed E-state index contributed by atoms with van der Waals surface area (Å²) < 4.78 is 33.1. The van der Waals surface area contributed by atoms with Crippen LogP contribution in [0.2, 0.25) is 0 Å². The van der Waals surface area contributed by atoms with E-state index in [9.17, 15) is 18.0 Å². The molecule has 0 aromatic heterocycles. The lowest BCUT2D eigenvalue weighted by molar-refractivity contribution is -0.146. The van der Waals surface area contributed by atoms with Gasteiger partial charge >= 0.3 is 5.97 Å². The highest BCUT2D eigenvalue weighted by atomic mass is 32.2. The van der Waals surface area contributed by atoms with Crippen LogP contribution in [0.5, 0.6) is 0 Å². The highest BCUT2D eigenvalue weighted by molar-refractivity contribution is 7.92. The summed E-state index contributed by atoms with van der Waals surface area (Å²) in [6, 6.07) is 24.3. The van der Waals surface area contributed by atoms with Crippen molar-refractivity contribution in [1.29, 1.82) is 0 Å². The van der Waals surface area contributed by atoms with Crippen molar-refractivity contribution in [3.63, 3.8) is 0 Å². The van der Waals surface area contributed by atoms with Crippen molar-refractivity contribution in [3.05, 3.63) is 96.1 Å². The number of hydrogen-bond donors (Lipinski definition) is 0. The summed E-state index contributed by atoms with van der Waals surface area (Å²) in [5.41, 5.74) is 1.85. The number of esters is 1. The number of anilines is 1. The number of carbonyl (C=O) groups excluding carboxylic acids is 2. The Kier molecular flexibility index (Phi) is 7.51. The Morgan fingerprint density at radius 2 is 1.46 bits per heavy atom. The van der Waals surface area contributed by atoms with Crippen molar-refractivity contribution in [3.8, 4) is 0 Å². The number of rotatable bonds is 7. The first-order valence-electron chi connectivity index (χ1n) is 11.5. The van der Waals surface area contributed by atoms with E-state index in [0.29, 0.717) is 37.2 Å². The Balaban J connectivity index is 1.51. The number of likely N-dealkylation sites (tertiary alicyclic amines) is 1. The number of piperidine rings is 1. The molecule has 3 aromatic rings. The fraction of sp³-hybridized carbons (Fsp3) is 0.259. The molecule has 1 amide bonds. The van der Waals surface area contributed by atoms with Crippen molar-refractivity contribution in [2.75, 3.05) is 24.5 Å². The molecule has 8 heteroatoms. The summed E-state index contributed by atoms with van der Waals surface area (Å²) in [5.74, 6) is -0.492. The van der Waals surface area contributed by atoms with Crippen molar-refractivity contribution in [1.82, 2.24) is 4.90 Å². The van der Waals surface area contributed by atoms with Gasteiger partial charge < -0.3 is 9.64 Å². The van der Waals surface area contributed by atoms with Gasteiger partial charge in [-0.3, -0.25) is 13.9 Å². The summed E-state index contributed by atoms with van der Waals surface area (Å²) in [4.78, 5) is 26.6. The van der Waals surface area contributed by atoms with Gasteiger partial charge in [-0.2, -0.15) is 0 Å². The van der Waals surface area contributed by atoms with Crippen LogP contribution in [0.15, 0.2) is 89.8 Å². The number of nitrogens with zero attached hydrogens (tertiary/aromatic N) is 2. The molecule has 3 aromatic carbocycles. The van der Waals surface area contributed by atoms with Gasteiger partial charge in [-0.05, 0) is 54.8 Å². The van der Waals surface area contributed by atoms with E-state index < -0.39 is 10.0 Å². The van der Waals surface area contributed by atoms with Crippen LogP contribution in [-0.4, -0.2) is 45.4 Å². The predicted molar refractivity (Wildman–Crippen MR) is 133 cm³/mol. The number of amides is 1. The van der Waals surface area contributed by atoms with E-state index in [4.69, 9.17) is 4.74 Å². The lowest BCUT2D eigenvalue weighted by Gasteiger charge is -2.30. The van der Waals surface area contributed by atoms with Gasteiger partial charge in [-0.25, -0.2) is 8.42 Å². The highest BCUT2D eigenvalue weighted by Crippen LogP contribution is 2.26. The normalized spacial score (nSPS) is 14.4. The van der Waals surface area contributed by atoms with Crippen LogP contribution in [0.1, 0.15) is 28.8 Å². The number of para-hydroxylation sites is 1. The van der Waals surface area contributed by atoms with Crippen molar-refractivity contribution < 1.29 is 22.7 Å². The first kappa shape index (κ1) is 24.5. The second kappa shape index (κ2) is 10.7. The lowest BCUT2D eigenvalue weighted by atomic mass is 9.96. The van der Waals surface area contributed by atoms with E-state index in [2.05, 4.69) is 0 Å². The summed E-state index contributed by atoms with van der Waals surface area (Å²) in [5, 5.41) is 0. The molecular weight excluding hydrogens is 464 g/mol. The van der Waals surface area contributed by atoms with Gasteiger partial charge in [0.2, 0.25) is 0 Å². The number of ether oxygens (including phenoxy) is 1. The zero-order valence-corrected chi connectivity index (χ0v) is 20.4. The number of benzene rings is 3. The first-order chi connectivity index (χ1) is 16.9. The molecule has 0 unspecified atom stereocenters. The van der Waals surface area contributed by atoms with Gasteiger partial charge in [-0.1, -0.05) is 48.5 Å². The van der Waals surface area contributed by atoms with Crippen LogP contribution in [0.4, 0.5) is 5.69 Å². The molecule has 0 N–H and O–H groups in total. The van der Waals surface area contributed by atoms with Gasteiger partial charge in [-0.15, -0.1) is 0 Å². The molecule has 0 spiro atoms. The van der Waals surface area contributed by atoms with Crippen molar-refractivity contribution in [2.24, 2.45) is 5.92 Å². The minimum Gasteiger partial charge on any atom is -0.469 e.